The van der Waals surface area contributed by atoms with E-state index in [-0.39, 0.29) is 12.5 Å². The van der Waals surface area contributed by atoms with Crippen LogP contribution in [0, 0.1) is 5.92 Å². The van der Waals surface area contributed by atoms with Crippen molar-refractivity contribution in [2.45, 2.75) is 13.8 Å². The van der Waals surface area contributed by atoms with Crippen molar-refractivity contribution in [3.8, 4) is 5.75 Å². The monoisotopic (exact) mass is 235 g/mol. The third kappa shape index (κ3) is 5.15. The van der Waals surface area contributed by atoms with E-state index in [4.69, 9.17) is 4.74 Å². The normalized spacial score (nSPS) is 10.1. The highest BCUT2D eigenvalue weighted by Crippen LogP contribution is 2.10. The predicted molar refractivity (Wildman–Crippen MR) is 65.2 cm³/mol. The lowest BCUT2D eigenvalue weighted by Gasteiger charge is -2.09. The molecule has 0 aromatic heterocycles. The third-order valence-corrected chi connectivity index (χ3v) is 2.09. The van der Waals surface area contributed by atoms with Gasteiger partial charge in [-0.05, 0) is 30.2 Å². The smallest absolute Gasteiger partial charge is 0.257 e. The summed E-state index contributed by atoms with van der Waals surface area (Å²) >= 11 is 0. The van der Waals surface area contributed by atoms with Gasteiger partial charge in [0.05, 0.1) is 0 Å². The molecule has 1 amide bonds. The standard InChI is InChI=1S/C13H17NO3/c1-10(2)7-14-13(16)9-17-12-5-3-11(8-15)4-6-12/h3-6,8,10H,7,9H2,1-2H3,(H,14,16). The van der Waals surface area contributed by atoms with E-state index in [0.717, 1.165) is 6.29 Å². The van der Waals surface area contributed by atoms with E-state index < -0.39 is 0 Å². The van der Waals surface area contributed by atoms with E-state index in [9.17, 15) is 9.59 Å². The number of rotatable bonds is 6. The molecule has 4 heteroatoms. The largest absolute Gasteiger partial charge is 0.484 e. The van der Waals surface area contributed by atoms with Gasteiger partial charge in [-0.15, -0.1) is 0 Å². The van der Waals surface area contributed by atoms with E-state index in [1.54, 1.807) is 24.3 Å². The summed E-state index contributed by atoms with van der Waals surface area (Å²) in [4.78, 5) is 21.8. The number of nitrogens with one attached hydrogen (secondary N) is 1. The Morgan fingerprint density at radius 2 is 2.00 bits per heavy atom. The van der Waals surface area contributed by atoms with Crippen molar-refractivity contribution in [2.24, 2.45) is 5.92 Å². The van der Waals surface area contributed by atoms with E-state index in [0.29, 0.717) is 23.8 Å². The van der Waals surface area contributed by atoms with Gasteiger partial charge in [0.2, 0.25) is 0 Å². The quantitative estimate of drug-likeness (QED) is 0.763. The molecular weight excluding hydrogens is 218 g/mol. The number of carbonyl (C=O) groups is 2. The van der Waals surface area contributed by atoms with Crippen molar-refractivity contribution in [1.82, 2.24) is 5.32 Å². The SMILES string of the molecule is CC(C)CNC(=O)COc1ccc(C=O)cc1. The van der Waals surface area contributed by atoms with Gasteiger partial charge in [0.1, 0.15) is 12.0 Å². The Hall–Kier alpha value is -1.84. The summed E-state index contributed by atoms with van der Waals surface area (Å²) in [7, 11) is 0. The Kier molecular flexibility index (Phi) is 5.20. The Balaban J connectivity index is 2.34. The van der Waals surface area contributed by atoms with Crippen LogP contribution in [-0.4, -0.2) is 25.3 Å². The molecule has 1 aromatic rings. The first-order valence-electron chi connectivity index (χ1n) is 5.56. The molecule has 1 rings (SSSR count). The van der Waals surface area contributed by atoms with Crippen LogP contribution >= 0.6 is 0 Å². The molecule has 0 aliphatic heterocycles. The van der Waals surface area contributed by atoms with Crippen LogP contribution in [0.15, 0.2) is 24.3 Å². The van der Waals surface area contributed by atoms with Gasteiger partial charge in [-0.3, -0.25) is 9.59 Å². The van der Waals surface area contributed by atoms with Crippen LogP contribution in [0.5, 0.6) is 5.75 Å². The molecule has 17 heavy (non-hydrogen) atoms. The second-order valence-electron chi connectivity index (χ2n) is 4.17. The first-order chi connectivity index (χ1) is 8.11. The molecule has 0 radical (unpaired) electrons. The molecule has 0 unspecified atom stereocenters. The number of hydrogen-bond acceptors (Lipinski definition) is 3. The van der Waals surface area contributed by atoms with Gasteiger partial charge in [-0.1, -0.05) is 13.8 Å². The van der Waals surface area contributed by atoms with Crippen molar-refractivity contribution in [2.75, 3.05) is 13.2 Å². The van der Waals surface area contributed by atoms with Crippen LogP contribution in [-0.2, 0) is 4.79 Å². The summed E-state index contributed by atoms with van der Waals surface area (Å²) in [5, 5.41) is 2.75. The molecule has 0 atom stereocenters. The second kappa shape index (κ2) is 6.68. The van der Waals surface area contributed by atoms with Crippen LogP contribution in [0.1, 0.15) is 24.2 Å². The van der Waals surface area contributed by atoms with Gasteiger partial charge < -0.3 is 10.1 Å². The average Bonchev–Trinajstić information content (AvgIpc) is 2.34. The summed E-state index contributed by atoms with van der Waals surface area (Å²) in [6, 6.07) is 6.63. The highest BCUT2D eigenvalue weighted by atomic mass is 16.5. The summed E-state index contributed by atoms with van der Waals surface area (Å²) in [5.41, 5.74) is 0.585. The minimum absolute atomic E-state index is 0.00679. The molecule has 0 aliphatic carbocycles. The molecule has 0 heterocycles. The van der Waals surface area contributed by atoms with Gasteiger partial charge in [-0.2, -0.15) is 0 Å². The lowest BCUT2D eigenvalue weighted by atomic mass is 10.2. The number of aldehydes is 1. The Labute approximate surface area is 101 Å². The fourth-order valence-corrected chi connectivity index (χ4v) is 1.16. The van der Waals surface area contributed by atoms with Gasteiger partial charge in [0, 0.05) is 12.1 Å². The molecule has 1 aromatic carbocycles. The lowest BCUT2D eigenvalue weighted by Crippen LogP contribution is -2.31. The van der Waals surface area contributed by atoms with Crippen molar-refractivity contribution in [3.05, 3.63) is 29.8 Å². The summed E-state index contributed by atoms with van der Waals surface area (Å²) < 4.78 is 5.27. The molecule has 1 N–H and O–H groups in total. The van der Waals surface area contributed by atoms with Crippen molar-refractivity contribution in [3.63, 3.8) is 0 Å². The Morgan fingerprint density at radius 3 is 2.53 bits per heavy atom. The predicted octanol–water partition coefficient (Wildman–Crippen LogP) is 1.65. The van der Waals surface area contributed by atoms with E-state index >= 15 is 0 Å². The molecule has 0 aliphatic rings. The molecule has 0 bridgehead atoms. The Morgan fingerprint density at radius 1 is 1.35 bits per heavy atom. The molecule has 0 saturated carbocycles. The summed E-state index contributed by atoms with van der Waals surface area (Å²) in [6.45, 7) is 4.69. The second-order valence-corrected chi connectivity index (χ2v) is 4.17. The van der Waals surface area contributed by atoms with E-state index in [1.807, 2.05) is 13.8 Å². The maximum Gasteiger partial charge on any atom is 0.257 e. The van der Waals surface area contributed by atoms with Crippen molar-refractivity contribution < 1.29 is 14.3 Å². The van der Waals surface area contributed by atoms with Crippen LogP contribution in [0.25, 0.3) is 0 Å². The highest BCUT2D eigenvalue weighted by molar-refractivity contribution is 5.77. The zero-order valence-electron chi connectivity index (χ0n) is 10.1. The number of hydrogen-bond donors (Lipinski definition) is 1. The first-order valence-corrected chi connectivity index (χ1v) is 5.56. The summed E-state index contributed by atoms with van der Waals surface area (Å²) in [5.74, 6) is 0.860. The minimum Gasteiger partial charge on any atom is -0.484 e. The summed E-state index contributed by atoms with van der Waals surface area (Å²) in [6.07, 6.45) is 0.763. The lowest BCUT2D eigenvalue weighted by molar-refractivity contribution is -0.123. The fraction of sp³-hybridized carbons (Fsp3) is 0.385. The Bertz CT molecular complexity index is 371. The van der Waals surface area contributed by atoms with Crippen LogP contribution in [0.4, 0.5) is 0 Å². The molecule has 92 valence electrons. The fourth-order valence-electron chi connectivity index (χ4n) is 1.16. The van der Waals surface area contributed by atoms with Crippen molar-refractivity contribution in [1.29, 1.82) is 0 Å². The number of benzene rings is 1. The first kappa shape index (κ1) is 13.2. The number of ether oxygens (including phenoxy) is 1. The van der Waals surface area contributed by atoms with E-state index in [1.165, 1.54) is 0 Å². The van der Waals surface area contributed by atoms with Gasteiger partial charge in [-0.25, -0.2) is 0 Å². The van der Waals surface area contributed by atoms with Crippen LogP contribution in [0.3, 0.4) is 0 Å². The molecule has 0 fully saturated rings. The van der Waals surface area contributed by atoms with Gasteiger partial charge >= 0.3 is 0 Å². The molecule has 0 saturated heterocycles. The van der Waals surface area contributed by atoms with Crippen molar-refractivity contribution >= 4 is 12.2 Å². The third-order valence-electron chi connectivity index (χ3n) is 2.09. The highest BCUT2D eigenvalue weighted by Gasteiger charge is 2.03. The molecule has 0 spiro atoms. The zero-order chi connectivity index (χ0) is 12.7. The van der Waals surface area contributed by atoms with E-state index in [2.05, 4.69) is 5.32 Å². The average molecular weight is 235 g/mol. The van der Waals surface area contributed by atoms with Gasteiger partial charge in [0.25, 0.3) is 5.91 Å². The van der Waals surface area contributed by atoms with Crippen LogP contribution in [0.2, 0.25) is 0 Å². The maximum absolute atomic E-state index is 11.4. The number of carbonyl (C=O) groups excluding carboxylic acids is 2. The van der Waals surface area contributed by atoms with Crippen LogP contribution < -0.4 is 10.1 Å². The number of amides is 1. The molecule has 4 nitrogen and oxygen atoms in total. The zero-order valence-corrected chi connectivity index (χ0v) is 10.1. The molecular formula is C13H17NO3. The minimum atomic E-state index is -0.141. The topological polar surface area (TPSA) is 55.4 Å². The maximum atomic E-state index is 11.4. The van der Waals surface area contributed by atoms with Gasteiger partial charge in [0.15, 0.2) is 6.61 Å².